The molecule has 0 spiro atoms. The second kappa shape index (κ2) is 5.03. The van der Waals surface area contributed by atoms with Gasteiger partial charge in [-0.05, 0) is 23.8 Å². The summed E-state index contributed by atoms with van der Waals surface area (Å²) in [7, 11) is 0. The Morgan fingerprint density at radius 2 is 1.81 bits per heavy atom. The van der Waals surface area contributed by atoms with E-state index in [1.54, 1.807) is 6.07 Å². The molecule has 0 bridgehead atoms. The summed E-state index contributed by atoms with van der Waals surface area (Å²) in [5, 5.41) is 12.8. The molecule has 2 rings (SSSR count). The Kier molecular flexibility index (Phi) is 3.47. The van der Waals surface area contributed by atoms with Crippen molar-refractivity contribution in [2.75, 3.05) is 5.32 Å². The standard InChI is InChI=1S/C13H12BrNO/c14-11-6-7-13(16)12(8-11)15-9-10-4-2-1-3-5-10/h1-8,15-16H,9H2. The van der Waals surface area contributed by atoms with Gasteiger partial charge in [-0.2, -0.15) is 0 Å². The third kappa shape index (κ3) is 2.76. The van der Waals surface area contributed by atoms with E-state index in [0.717, 1.165) is 10.2 Å². The Hall–Kier alpha value is -1.48. The average molecular weight is 278 g/mol. The van der Waals surface area contributed by atoms with Crippen LogP contribution in [0.15, 0.2) is 53.0 Å². The molecule has 0 saturated carbocycles. The smallest absolute Gasteiger partial charge is 0.138 e. The molecule has 0 unspecified atom stereocenters. The normalized spacial score (nSPS) is 10.1. The second-order valence-corrected chi connectivity index (χ2v) is 4.42. The monoisotopic (exact) mass is 277 g/mol. The van der Waals surface area contributed by atoms with Gasteiger partial charge in [0.15, 0.2) is 0 Å². The Morgan fingerprint density at radius 1 is 1.06 bits per heavy atom. The summed E-state index contributed by atoms with van der Waals surface area (Å²) in [6, 6.07) is 15.4. The first-order chi connectivity index (χ1) is 7.75. The van der Waals surface area contributed by atoms with Crippen LogP contribution >= 0.6 is 15.9 Å². The van der Waals surface area contributed by atoms with Crippen molar-refractivity contribution in [3.63, 3.8) is 0 Å². The van der Waals surface area contributed by atoms with Gasteiger partial charge < -0.3 is 10.4 Å². The van der Waals surface area contributed by atoms with Crippen LogP contribution in [0.1, 0.15) is 5.56 Å². The molecule has 0 atom stereocenters. The molecule has 0 aliphatic carbocycles. The van der Waals surface area contributed by atoms with Gasteiger partial charge in [0, 0.05) is 11.0 Å². The highest BCUT2D eigenvalue weighted by Crippen LogP contribution is 2.27. The van der Waals surface area contributed by atoms with Gasteiger partial charge in [-0.3, -0.25) is 0 Å². The molecule has 0 amide bonds. The van der Waals surface area contributed by atoms with Gasteiger partial charge in [0.1, 0.15) is 5.75 Å². The molecule has 0 radical (unpaired) electrons. The van der Waals surface area contributed by atoms with E-state index in [1.165, 1.54) is 5.56 Å². The van der Waals surface area contributed by atoms with E-state index >= 15 is 0 Å². The van der Waals surface area contributed by atoms with E-state index in [-0.39, 0.29) is 5.75 Å². The highest BCUT2D eigenvalue weighted by molar-refractivity contribution is 9.10. The predicted molar refractivity (Wildman–Crippen MR) is 69.6 cm³/mol. The maximum atomic E-state index is 9.63. The summed E-state index contributed by atoms with van der Waals surface area (Å²) in [6.45, 7) is 0.699. The Balaban J connectivity index is 2.08. The fraction of sp³-hybridized carbons (Fsp3) is 0.0769. The fourth-order valence-corrected chi connectivity index (χ4v) is 1.80. The van der Waals surface area contributed by atoms with Gasteiger partial charge in [-0.1, -0.05) is 46.3 Å². The summed E-state index contributed by atoms with van der Waals surface area (Å²) in [4.78, 5) is 0. The number of phenolic OH excluding ortho intramolecular Hbond substituents is 1. The van der Waals surface area contributed by atoms with Crippen LogP contribution in [0, 0.1) is 0 Å². The molecule has 2 N–H and O–H groups in total. The van der Waals surface area contributed by atoms with Gasteiger partial charge in [0.25, 0.3) is 0 Å². The number of aromatic hydroxyl groups is 1. The molecule has 0 fully saturated rings. The van der Waals surface area contributed by atoms with E-state index in [4.69, 9.17) is 0 Å². The van der Waals surface area contributed by atoms with Gasteiger partial charge >= 0.3 is 0 Å². The first-order valence-corrected chi connectivity index (χ1v) is 5.81. The SMILES string of the molecule is Oc1ccc(Br)cc1NCc1ccccc1. The molecule has 2 aromatic carbocycles. The average Bonchev–Trinajstić information content (AvgIpc) is 2.32. The van der Waals surface area contributed by atoms with Crippen molar-refractivity contribution >= 4 is 21.6 Å². The predicted octanol–water partition coefficient (Wildman–Crippen LogP) is 3.77. The first kappa shape index (κ1) is 11.0. The van der Waals surface area contributed by atoms with E-state index in [1.807, 2.05) is 42.5 Å². The van der Waals surface area contributed by atoms with Crippen molar-refractivity contribution in [2.45, 2.75) is 6.54 Å². The van der Waals surface area contributed by atoms with Gasteiger partial charge in [-0.15, -0.1) is 0 Å². The maximum Gasteiger partial charge on any atom is 0.138 e. The molecule has 2 aromatic rings. The van der Waals surface area contributed by atoms with Crippen LogP contribution in [0.4, 0.5) is 5.69 Å². The minimum absolute atomic E-state index is 0.263. The number of hydrogen-bond donors (Lipinski definition) is 2. The number of benzene rings is 2. The molecule has 0 saturated heterocycles. The summed E-state index contributed by atoms with van der Waals surface area (Å²) in [6.07, 6.45) is 0. The third-order valence-corrected chi connectivity index (χ3v) is 2.78. The number of phenols is 1. The lowest BCUT2D eigenvalue weighted by Crippen LogP contribution is -1.99. The van der Waals surface area contributed by atoms with E-state index in [0.29, 0.717) is 6.54 Å². The van der Waals surface area contributed by atoms with E-state index in [2.05, 4.69) is 21.2 Å². The lowest BCUT2D eigenvalue weighted by Gasteiger charge is -2.08. The third-order valence-electron chi connectivity index (χ3n) is 2.28. The van der Waals surface area contributed by atoms with Crippen molar-refractivity contribution in [1.82, 2.24) is 0 Å². The molecule has 0 aliphatic rings. The minimum Gasteiger partial charge on any atom is -0.506 e. The summed E-state index contributed by atoms with van der Waals surface area (Å²) >= 11 is 3.37. The second-order valence-electron chi connectivity index (χ2n) is 3.50. The zero-order valence-electron chi connectivity index (χ0n) is 8.65. The summed E-state index contributed by atoms with van der Waals surface area (Å²) in [5.74, 6) is 0.263. The van der Waals surface area contributed by atoms with Crippen molar-refractivity contribution in [2.24, 2.45) is 0 Å². The zero-order valence-corrected chi connectivity index (χ0v) is 10.2. The van der Waals surface area contributed by atoms with E-state index < -0.39 is 0 Å². The van der Waals surface area contributed by atoms with Crippen LogP contribution in [0.2, 0.25) is 0 Å². The quantitative estimate of drug-likeness (QED) is 0.838. The van der Waals surface area contributed by atoms with Crippen LogP contribution in [0.5, 0.6) is 5.75 Å². The molecular formula is C13H12BrNO. The Bertz CT molecular complexity index is 471. The molecule has 0 aromatic heterocycles. The van der Waals surface area contributed by atoms with Crippen molar-refractivity contribution in [3.8, 4) is 5.75 Å². The fourth-order valence-electron chi connectivity index (χ4n) is 1.44. The Morgan fingerprint density at radius 3 is 2.56 bits per heavy atom. The minimum atomic E-state index is 0.263. The van der Waals surface area contributed by atoms with Gasteiger partial charge in [0.2, 0.25) is 0 Å². The molecule has 82 valence electrons. The van der Waals surface area contributed by atoms with Crippen LogP contribution in [0.3, 0.4) is 0 Å². The lowest BCUT2D eigenvalue weighted by atomic mass is 10.2. The highest BCUT2D eigenvalue weighted by Gasteiger charge is 2.00. The molecule has 16 heavy (non-hydrogen) atoms. The molecule has 0 aliphatic heterocycles. The zero-order chi connectivity index (χ0) is 11.4. The molecule has 2 nitrogen and oxygen atoms in total. The van der Waals surface area contributed by atoms with Crippen LogP contribution in [-0.4, -0.2) is 5.11 Å². The maximum absolute atomic E-state index is 9.63. The van der Waals surface area contributed by atoms with Gasteiger partial charge in [0.05, 0.1) is 5.69 Å². The lowest BCUT2D eigenvalue weighted by molar-refractivity contribution is 0.477. The highest BCUT2D eigenvalue weighted by atomic mass is 79.9. The van der Waals surface area contributed by atoms with Crippen LogP contribution in [-0.2, 0) is 6.54 Å². The van der Waals surface area contributed by atoms with E-state index in [9.17, 15) is 5.11 Å². The molecule has 3 heteroatoms. The number of halogens is 1. The van der Waals surface area contributed by atoms with Crippen LogP contribution < -0.4 is 5.32 Å². The first-order valence-electron chi connectivity index (χ1n) is 5.02. The van der Waals surface area contributed by atoms with Crippen molar-refractivity contribution in [3.05, 3.63) is 58.6 Å². The van der Waals surface area contributed by atoms with Crippen molar-refractivity contribution < 1.29 is 5.11 Å². The number of nitrogens with one attached hydrogen (secondary N) is 1. The number of rotatable bonds is 3. The number of hydrogen-bond acceptors (Lipinski definition) is 2. The van der Waals surface area contributed by atoms with Crippen molar-refractivity contribution in [1.29, 1.82) is 0 Å². The van der Waals surface area contributed by atoms with Gasteiger partial charge in [-0.25, -0.2) is 0 Å². The Labute approximate surface area is 103 Å². The molecule has 0 heterocycles. The van der Waals surface area contributed by atoms with Crippen LogP contribution in [0.25, 0.3) is 0 Å². The number of anilines is 1. The topological polar surface area (TPSA) is 32.3 Å². The summed E-state index contributed by atoms with van der Waals surface area (Å²) in [5.41, 5.74) is 1.92. The summed E-state index contributed by atoms with van der Waals surface area (Å²) < 4.78 is 0.945. The largest absolute Gasteiger partial charge is 0.506 e. The molecular weight excluding hydrogens is 266 g/mol.